The van der Waals surface area contributed by atoms with Crippen LogP contribution in [-0.4, -0.2) is 12.1 Å². The van der Waals surface area contributed by atoms with E-state index in [0.717, 1.165) is 18.2 Å². The molecule has 0 spiro atoms. The molecule has 23 heavy (non-hydrogen) atoms. The van der Waals surface area contributed by atoms with Gasteiger partial charge in [0.05, 0.1) is 19.0 Å². The molecule has 1 heterocycles. The number of ether oxygens (including phenoxy) is 1. The molecule has 3 nitrogen and oxygen atoms in total. The predicted molar refractivity (Wildman–Crippen MR) is 95.2 cm³/mol. The predicted octanol–water partition coefficient (Wildman–Crippen LogP) is 4.88. The lowest BCUT2D eigenvalue weighted by Crippen LogP contribution is -2.13. The molecule has 0 aliphatic heterocycles. The smallest absolute Gasteiger partial charge is 0.213 e. The second-order valence-corrected chi connectivity index (χ2v) is 7.43. The standard InChI is InChI=1S/C20H26N2O/c1-20(2,3)17-10-14(9-16(11-17)15-5-6-15)12-21-18-7-8-19(23-4)22-13-18/h7-11,13,15,21H,5-6,12H2,1-4H3. The van der Waals surface area contributed by atoms with Crippen LogP contribution in [-0.2, 0) is 12.0 Å². The van der Waals surface area contributed by atoms with E-state index in [1.54, 1.807) is 7.11 Å². The highest BCUT2D eigenvalue weighted by Gasteiger charge is 2.25. The van der Waals surface area contributed by atoms with E-state index in [1.165, 1.54) is 29.5 Å². The first-order valence-electron chi connectivity index (χ1n) is 8.34. The molecular formula is C20H26N2O. The van der Waals surface area contributed by atoms with Crippen LogP contribution >= 0.6 is 0 Å². The maximum atomic E-state index is 5.10. The molecule has 0 saturated heterocycles. The zero-order valence-electron chi connectivity index (χ0n) is 14.5. The zero-order valence-corrected chi connectivity index (χ0v) is 14.5. The Labute approximate surface area is 139 Å². The largest absolute Gasteiger partial charge is 0.481 e. The monoisotopic (exact) mass is 310 g/mol. The molecule has 1 saturated carbocycles. The Bertz CT molecular complexity index is 667. The fourth-order valence-corrected chi connectivity index (χ4v) is 2.72. The van der Waals surface area contributed by atoms with Crippen LogP contribution in [0, 0.1) is 0 Å². The van der Waals surface area contributed by atoms with Crippen molar-refractivity contribution in [3.05, 3.63) is 53.2 Å². The highest BCUT2D eigenvalue weighted by molar-refractivity contribution is 5.44. The molecule has 1 aromatic carbocycles. The number of anilines is 1. The summed E-state index contributed by atoms with van der Waals surface area (Å²) in [4.78, 5) is 4.24. The van der Waals surface area contributed by atoms with Crippen molar-refractivity contribution in [1.29, 1.82) is 0 Å². The molecule has 0 atom stereocenters. The topological polar surface area (TPSA) is 34.1 Å². The van der Waals surface area contributed by atoms with Crippen molar-refractivity contribution in [3.8, 4) is 5.88 Å². The van der Waals surface area contributed by atoms with E-state index in [9.17, 15) is 0 Å². The van der Waals surface area contributed by atoms with Gasteiger partial charge in [0.15, 0.2) is 0 Å². The van der Waals surface area contributed by atoms with E-state index in [1.807, 2.05) is 18.3 Å². The van der Waals surface area contributed by atoms with Crippen LogP contribution < -0.4 is 10.1 Å². The third-order valence-corrected chi connectivity index (χ3v) is 4.37. The summed E-state index contributed by atoms with van der Waals surface area (Å²) in [6.45, 7) is 7.66. The van der Waals surface area contributed by atoms with Gasteiger partial charge in [0.25, 0.3) is 0 Å². The Hall–Kier alpha value is -2.03. The second-order valence-electron chi connectivity index (χ2n) is 7.43. The van der Waals surface area contributed by atoms with Gasteiger partial charge in [-0.25, -0.2) is 4.98 Å². The third kappa shape index (κ3) is 4.04. The minimum absolute atomic E-state index is 0.182. The molecule has 1 N–H and O–H groups in total. The van der Waals surface area contributed by atoms with Gasteiger partial charge in [0.2, 0.25) is 5.88 Å². The minimum Gasteiger partial charge on any atom is -0.481 e. The summed E-state index contributed by atoms with van der Waals surface area (Å²) in [6, 6.07) is 11.0. The molecule has 0 bridgehead atoms. The maximum Gasteiger partial charge on any atom is 0.213 e. The summed E-state index contributed by atoms with van der Waals surface area (Å²) >= 11 is 0. The van der Waals surface area contributed by atoms with Crippen LogP contribution in [0.25, 0.3) is 0 Å². The lowest BCUT2D eigenvalue weighted by Gasteiger charge is -2.21. The Morgan fingerprint density at radius 3 is 2.52 bits per heavy atom. The number of benzene rings is 1. The number of hydrogen-bond donors (Lipinski definition) is 1. The molecule has 1 fully saturated rings. The number of rotatable bonds is 5. The fraction of sp³-hybridized carbons (Fsp3) is 0.450. The van der Waals surface area contributed by atoms with Crippen LogP contribution in [0.3, 0.4) is 0 Å². The van der Waals surface area contributed by atoms with Gasteiger partial charge in [-0.05, 0) is 46.9 Å². The van der Waals surface area contributed by atoms with Crippen LogP contribution in [0.2, 0.25) is 0 Å². The zero-order chi connectivity index (χ0) is 16.4. The number of nitrogens with zero attached hydrogens (tertiary/aromatic N) is 1. The van der Waals surface area contributed by atoms with E-state index < -0.39 is 0 Å². The third-order valence-electron chi connectivity index (χ3n) is 4.37. The van der Waals surface area contributed by atoms with Gasteiger partial charge in [0.1, 0.15) is 0 Å². The number of methoxy groups -OCH3 is 1. The summed E-state index contributed by atoms with van der Waals surface area (Å²) < 4.78 is 5.10. The van der Waals surface area contributed by atoms with Crippen molar-refractivity contribution < 1.29 is 4.74 Å². The molecule has 1 aliphatic carbocycles. The Morgan fingerprint density at radius 2 is 1.96 bits per heavy atom. The fourth-order valence-electron chi connectivity index (χ4n) is 2.72. The van der Waals surface area contributed by atoms with Gasteiger partial charge >= 0.3 is 0 Å². The Balaban J connectivity index is 1.76. The molecule has 1 aliphatic rings. The van der Waals surface area contributed by atoms with Crippen LogP contribution in [0.5, 0.6) is 5.88 Å². The van der Waals surface area contributed by atoms with Gasteiger partial charge < -0.3 is 10.1 Å². The number of aromatic nitrogens is 1. The van der Waals surface area contributed by atoms with Crippen molar-refractivity contribution in [1.82, 2.24) is 4.98 Å². The van der Waals surface area contributed by atoms with Crippen molar-refractivity contribution >= 4 is 5.69 Å². The highest BCUT2D eigenvalue weighted by Crippen LogP contribution is 2.41. The molecule has 0 radical (unpaired) electrons. The van der Waals surface area contributed by atoms with Crippen LogP contribution in [0.4, 0.5) is 5.69 Å². The number of nitrogens with one attached hydrogen (secondary N) is 1. The summed E-state index contributed by atoms with van der Waals surface area (Å²) in [6.07, 6.45) is 4.49. The van der Waals surface area contributed by atoms with Crippen molar-refractivity contribution in [2.75, 3.05) is 12.4 Å². The van der Waals surface area contributed by atoms with E-state index in [0.29, 0.717) is 5.88 Å². The molecule has 3 rings (SSSR count). The summed E-state index contributed by atoms with van der Waals surface area (Å²) in [5.41, 5.74) is 5.46. The minimum atomic E-state index is 0.182. The molecule has 122 valence electrons. The maximum absolute atomic E-state index is 5.10. The number of hydrogen-bond acceptors (Lipinski definition) is 3. The average molecular weight is 310 g/mol. The highest BCUT2D eigenvalue weighted by atomic mass is 16.5. The van der Waals surface area contributed by atoms with E-state index in [2.05, 4.69) is 49.3 Å². The Kier molecular flexibility index (Phi) is 4.29. The van der Waals surface area contributed by atoms with Crippen LogP contribution in [0.1, 0.15) is 56.2 Å². The molecule has 0 amide bonds. The normalized spacial score (nSPS) is 14.6. The molecular weight excluding hydrogens is 284 g/mol. The molecule has 0 unspecified atom stereocenters. The van der Waals surface area contributed by atoms with Gasteiger partial charge in [0, 0.05) is 12.6 Å². The molecule has 2 aromatic rings. The first-order valence-corrected chi connectivity index (χ1v) is 8.34. The first-order chi connectivity index (χ1) is 11.0. The molecule has 1 aromatic heterocycles. The van der Waals surface area contributed by atoms with Crippen LogP contribution in [0.15, 0.2) is 36.5 Å². The quantitative estimate of drug-likeness (QED) is 0.855. The SMILES string of the molecule is COc1ccc(NCc2cc(C3CC3)cc(C(C)(C)C)c2)cn1. The van der Waals surface area contributed by atoms with E-state index in [-0.39, 0.29) is 5.41 Å². The van der Waals surface area contributed by atoms with Gasteiger partial charge in [-0.1, -0.05) is 39.0 Å². The van der Waals surface area contributed by atoms with E-state index >= 15 is 0 Å². The lowest BCUT2D eigenvalue weighted by molar-refractivity contribution is 0.398. The Morgan fingerprint density at radius 1 is 1.17 bits per heavy atom. The van der Waals surface area contributed by atoms with Crippen molar-refractivity contribution in [2.24, 2.45) is 0 Å². The van der Waals surface area contributed by atoms with Gasteiger partial charge in [-0.2, -0.15) is 0 Å². The lowest BCUT2D eigenvalue weighted by atomic mass is 9.84. The van der Waals surface area contributed by atoms with E-state index in [4.69, 9.17) is 4.74 Å². The summed E-state index contributed by atoms with van der Waals surface area (Å²) in [5, 5.41) is 3.46. The molecule has 3 heteroatoms. The van der Waals surface area contributed by atoms with Gasteiger partial charge in [-0.3, -0.25) is 0 Å². The van der Waals surface area contributed by atoms with Crippen molar-refractivity contribution in [2.45, 2.75) is 51.5 Å². The first kappa shape index (κ1) is 15.9. The van der Waals surface area contributed by atoms with Crippen molar-refractivity contribution in [3.63, 3.8) is 0 Å². The van der Waals surface area contributed by atoms with Gasteiger partial charge in [-0.15, -0.1) is 0 Å². The average Bonchev–Trinajstić information content (AvgIpc) is 3.37. The second kappa shape index (κ2) is 6.23. The summed E-state index contributed by atoms with van der Waals surface area (Å²) in [7, 11) is 1.63. The number of pyridine rings is 1. The summed E-state index contributed by atoms with van der Waals surface area (Å²) in [5.74, 6) is 1.42.